The number of carbonyl (C=O) groups is 1. The molecule has 2 aromatic rings. The number of benzene rings is 2. The minimum absolute atomic E-state index is 0.0344. The van der Waals surface area contributed by atoms with Crippen LogP contribution in [0.3, 0.4) is 0 Å². The molecular formula is C24H33N5O. The quantitative estimate of drug-likeness (QED) is 0.586. The van der Waals surface area contributed by atoms with Crippen LogP contribution in [0.25, 0.3) is 0 Å². The highest BCUT2D eigenvalue weighted by molar-refractivity contribution is 5.80. The second-order valence-corrected chi connectivity index (χ2v) is 8.18. The largest absolute Gasteiger partial charge is 0.369 e. The van der Waals surface area contributed by atoms with Crippen LogP contribution in [0.1, 0.15) is 24.4 Å². The van der Waals surface area contributed by atoms with E-state index in [1.54, 1.807) is 0 Å². The Hall–Kier alpha value is -2.41. The molecular weight excluding hydrogens is 374 g/mol. The molecule has 2 atom stereocenters. The Kier molecular flexibility index (Phi) is 7.34. The van der Waals surface area contributed by atoms with Crippen molar-refractivity contribution in [3.05, 3.63) is 66.2 Å². The molecule has 160 valence electrons. The van der Waals surface area contributed by atoms with E-state index in [1.165, 1.54) is 5.69 Å². The standard InChI is InChI=1S/C24H33N5O/c30-24(22-19-26-27-23(22)20-9-3-1-4-10-20)25-13-7-8-14-28-15-17-29(18-16-28)21-11-5-2-6-12-21/h1-6,9-12,22-23,26-27H,7-8,13-19H2,(H,25,30). The van der Waals surface area contributed by atoms with E-state index in [-0.39, 0.29) is 17.9 Å². The average Bonchev–Trinajstić information content (AvgIpc) is 3.30. The van der Waals surface area contributed by atoms with Crippen molar-refractivity contribution in [1.29, 1.82) is 0 Å². The van der Waals surface area contributed by atoms with Crippen molar-refractivity contribution in [2.75, 3.05) is 50.7 Å². The lowest BCUT2D eigenvalue weighted by molar-refractivity contribution is -0.124. The molecule has 0 spiro atoms. The molecule has 2 aliphatic heterocycles. The van der Waals surface area contributed by atoms with Gasteiger partial charge in [-0.3, -0.25) is 15.1 Å². The van der Waals surface area contributed by atoms with Crippen molar-refractivity contribution in [3.8, 4) is 0 Å². The van der Waals surface area contributed by atoms with Crippen LogP contribution in [-0.2, 0) is 4.79 Å². The van der Waals surface area contributed by atoms with E-state index in [2.05, 4.69) is 68.4 Å². The minimum atomic E-state index is -0.0709. The molecule has 0 saturated carbocycles. The summed E-state index contributed by atoms with van der Waals surface area (Å²) in [6.07, 6.45) is 2.14. The van der Waals surface area contributed by atoms with E-state index in [9.17, 15) is 4.79 Å². The Morgan fingerprint density at radius 2 is 1.63 bits per heavy atom. The predicted octanol–water partition coefficient (Wildman–Crippen LogP) is 2.17. The number of nitrogens with one attached hydrogen (secondary N) is 3. The summed E-state index contributed by atoms with van der Waals surface area (Å²) in [6, 6.07) is 20.9. The van der Waals surface area contributed by atoms with Gasteiger partial charge < -0.3 is 10.2 Å². The summed E-state index contributed by atoms with van der Waals surface area (Å²) in [5.41, 5.74) is 8.86. The van der Waals surface area contributed by atoms with Gasteiger partial charge >= 0.3 is 0 Å². The molecule has 6 heteroatoms. The molecule has 30 heavy (non-hydrogen) atoms. The SMILES string of the molecule is O=C(NCCCCN1CCN(c2ccccc2)CC1)C1CNNC1c1ccccc1. The molecule has 2 heterocycles. The van der Waals surface area contributed by atoms with Gasteiger partial charge in [0.05, 0.1) is 12.0 Å². The first-order valence-electron chi connectivity index (χ1n) is 11.1. The van der Waals surface area contributed by atoms with E-state index in [1.807, 2.05) is 18.2 Å². The molecule has 4 rings (SSSR count). The first-order chi connectivity index (χ1) is 14.8. The fraction of sp³-hybridized carbons (Fsp3) is 0.458. The van der Waals surface area contributed by atoms with Gasteiger partial charge in [0.2, 0.25) is 5.91 Å². The number of hydrogen-bond donors (Lipinski definition) is 3. The zero-order valence-corrected chi connectivity index (χ0v) is 17.6. The fourth-order valence-corrected chi connectivity index (χ4v) is 4.39. The highest BCUT2D eigenvalue weighted by atomic mass is 16.2. The number of rotatable bonds is 8. The summed E-state index contributed by atoms with van der Waals surface area (Å²) in [6.45, 7) is 6.92. The maximum absolute atomic E-state index is 12.7. The van der Waals surface area contributed by atoms with Crippen LogP contribution in [-0.4, -0.2) is 56.6 Å². The van der Waals surface area contributed by atoms with Gasteiger partial charge in [-0.1, -0.05) is 48.5 Å². The lowest BCUT2D eigenvalue weighted by atomic mass is 9.94. The van der Waals surface area contributed by atoms with Crippen LogP contribution in [0.4, 0.5) is 5.69 Å². The van der Waals surface area contributed by atoms with Crippen LogP contribution in [0, 0.1) is 5.92 Å². The van der Waals surface area contributed by atoms with Crippen LogP contribution >= 0.6 is 0 Å². The lowest BCUT2D eigenvalue weighted by Gasteiger charge is -2.36. The number of hydrogen-bond acceptors (Lipinski definition) is 5. The monoisotopic (exact) mass is 407 g/mol. The van der Waals surface area contributed by atoms with Gasteiger partial charge in [0.25, 0.3) is 0 Å². The normalized spacial score (nSPS) is 22.2. The summed E-state index contributed by atoms with van der Waals surface area (Å²) < 4.78 is 0. The molecule has 0 bridgehead atoms. The Morgan fingerprint density at radius 3 is 2.37 bits per heavy atom. The third-order valence-electron chi connectivity index (χ3n) is 6.17. The maximum Gasteiger partial charge on any atom is 0.226 e. The van der Waals surface area contributed by atoms with Crippen molar-refractivity contribution in [2.24, 2.45) is 5.92 Å². The molecule has 0 aromatic heterocycles. The number of para-hydroxylation sites is 1. The first kappa shape index (κ1) is 20.8. The number of piperazine rings is 1. The first-order valence-corrected chi connectivity index (χ1v) is 11.1. The Morgan fingerprint density at radius 1 is 0.933 bits per heavy atom. The van der Waals surface area contributed by atoms with Gasteiger partial charge in [-0.25, -0.2) is 5.43 Å². The van der Waals surface area contributed by atoms with Crippen LogP contribution in [0.5, 0.6) is 0 Å². The third-order valence-corrected chi connectivity index (χ3v) is 6.17. The van der Waals surface area contributed by atoms with E-state index < -0.39 is 0 Å². The molecule has 2 unspecified atom stereocenters. The van der Waals surface area contributed by atoms with Crippen LogP contribution < -0.4 is 21.1 Å². The second kappa shape index (κ2) is 10.6. The Bertz CT molecular complexity index is 777. The molecule has 2 aliphatic rings. The predicted molar refractivity (Wildman–Crippen MR) is 121 cm³/mol. The minimum Gasteiger partial charge on any atom is -0.369 e. The van der Waals surface area contributed by atoms with Gasteiger partial charge in [-0.05, 0) is 37.1 Å². The molecule has 6 nitrogen and oxygen atoms in total. The van der Waals surface area contributed by atoms with E-state index in [0.29, 0.717) is 6.54 Å². The molecule has 0 aliphatic carbocycles. The number of nitrogens with zero attached hydrogens (tertiary/aromatic N) is 2. The number of anilines is 1. The summed E-state index contributed by atoms with van der Waals surface area (Å²) in [4.78, 5) is 17.7. The Balaban J connectivity index is 1.12. The zero-order chi connectivity index (χ0) is 20.6. The smallest absolute Gasteiger partial charge is 0.226 e. The number of hydrazine groups is 1. The maximum atomic E-state index is 12.7. The van der Waals surface area contributed by atoms with Gasteiger partial charge in [0.15, 0.2) is 0 Å². The summed E-state index contributed by atoms with van der Waals surface area (Å²) >= 11 is 0. The molecule has 3 N–H and O–H groups in total. The van der Waals surface area contributed by atoms with Crippen molar-refractivity contribution in [3.63, 3.8) is 0 Å². The lowest BCUT2D eigenvalue weighted by Crippen LogP contribution is -2.46. The number of amides is 1. The summed E-state index contributed by atoms with van der Waals surface area (Å²) in [5.74, 6) is 0.0660. The highest BCUT2D eigenvalue weighted by Crippen LogP contribution is 2.24. The van der Waals surface area contributed by atoms with E-state index >= 15 is 0 Å². The molecule has 2 saturated heterocycles. The highest BCUT2D eigenvalue weighted by Gasteiger charge is 2.33. The van der Waals surface area contributed by atoms with Crippen molar-refractivity contribution >= 4 is 11.6 Å². The van der Waals surface area contributed by atoms with Gasteiger partial charge in [-0.2, -0.15) is 0 Å². The van der Waals surface area contributed by atoms with Gasteiger partial charge in [0, 0.05) is 45.0 Å². The van der Waals surface area contributed by atoms with Gasteiger partial charge in [-0.15, -0.1) is 0 Å². The van der Waals surface area contributed by atoms with Crippen molar-refractivity contribution in [2.45, 2.75) is 18.9 Å². The Labute approximate surface area is 179 Å². The fourth-order valence-electron chi connectivity index (χ4n) is 4.39. The van der Waals surface area contributed by atoms with Gasteiger partial charge in [0.1, 0.15) is 0 Å². The van der Waals surface area contributed by atoms with Crippen LogP contribution in [0.15, 0.2) is 60.7 Å². The average molecular weight is 408 g/mol. The molecule has 1 amide bonds. The molecule has 2 fully saturated rings. The zero-order valence-electron chi connectivity index (χ0n) is 17.6. The van der Waals surface area contributed by atoms with Crippen molar-refractivity contribution in [1.82, 2.24) is 21.1 Å². The number of unbranched alkanes of at least 4 members (excludes halogenated alkanes) is 1. The number of carbonyl (C=O) groups excluding carboxylic acids is 1. The molecule has 0 radical (unpaired) electrons. The van der Waals surface area contributed by atoms with Crippen LogP contribution in [0.2, 0.25) is 0 Å². The third kappa shape index (κ3) is 5.39. The molecule has 2 aromatic carbocycles. The summed E-state index contributed by atoms with van der Waals surface area (Å²) in [5, 5.41) is 3.14. The topological polar surface area (TPSA) is 59.6 Å². The second-order valence-electron chi connectivity index (χ2n) is 8.18. The summed E-state index contributed by atoms with van der Waals surface area (Å²) in [7, 11) is 0. The van der Waals surface area contributed by atoms with E-state index in [4.69, 9.17) is 0 Å². The van der Waals surface area contributed by atoms with Crippen molar-refractivity contribution < 1.29 is 4.79 Å². The van der Waals surface area contributed by atoms with E-state index in [0.717, 1.165) is 57.7 Å².